The summed E-state index contributed by atoms with van der Waals surface area (Å²) in [5, 5.41) is 5.64. The lowest BCUT2D eigenvalue weighted by Crippen LogP contribution is -2.42. The third-order valence-corrected chi connectivity index (χ3v) is 8.91. The Morgan fingerprint density at radius 2 is 1.86 bits per heavy atom. The highest BCUT2D eigenvalue weighted by atomic mass is 35.5. The molecule has 0 bridgehead atoms. The first-order valence-corrected chi connectivity index (χ1v) is 13.3. The summed E-state index contributed by atoms with van der Waals surface area (Å²) >= 11 is 12.9. The van der Waals surface area contributed by atoms with Crippen LogP contribution < -0.4 is 20.3 Å². The van der Waals surface area contributed by atoms with E-state index in [1.165, 1.54) is 30.3 Å². The molecule has 0 aliphatic carbocycles. The van der Waals surface area contributed by atoms with Crippen LogP contribution in [-0.2, 0) is 27.7 Å². The Hall–Kier alpha value is -3.12. The average molecular weight is 551 g/mol. The van der Waals surface area contributed by atoms with Gasteiger partial charge in [-0.15, -0.1) is 11.3 Å². The second-order valence-corrected chi connectivity index (χ2v) is 11.9. The zero-order chi connectivity index (χ0) is 24.9. The zero-order valence-corrected chi connectivity index (χ0v) is 20.9. The van der Waals surface area contributed by atoms with Gasteiger partial charge in [-0.25, -0.2) is 22.8 Å². The molecule has 1 aromatic heterocycles. The molecule has 2 aliphatic heterocycles. The van der Waals surface area contributed by atoms with Crippen molar-refractivity contribution < 1.29 is 22.8 Å². The SMILES string of the molecule is O=C(Nc1ccc(N2C(=O)Cc3cc4c(cc3C2=O)CCN4)c(Cl)c1)NS(=O)(=O)c1ccc(Cl)s1. The van der Waals surface area contributed by atoms with Gasteiger partial charge in [0.15, 0.2) is 0 Å². The Morgan fingerprint density at radius 3 is 2.57 bits per heavy atom. The molecule has 0 unspecified atom stereocenters. The largest absolute Gasteiger partial charge is 0.384 e. The van der Waals surface area contributed by atoms with Crippen molar-refractivity contribution in [2.45, 2.75) is 17.1 Å². The maximum absolute atomic E-state index is 13.2. The van der Waals surface area contributed by atoms with Gasteiger partial charge in [-0.1, -0.05) is 23.2 Å². The number of sulfonamides is 1. The first kappa shape index (κ1) is 23.6. The second kappa shape index (κ2) is 8.83. The van der Waals surface area contributed by atoms with Gasteiger partial charge in [0.1, 0.15) is 4.21 Å². The van der Waals surface area contributed by atoms with E-state index in [0.29, 0.717) is 11.1 Å². The smallest absolute Gasteiger partial charge is 0.333 e. The normalized spacial score (nSPS) is 14.9. The fraction of sp³-hybridized carbons (Fsp3) is 0.136. The number of nitrogens with one attached hydrogen (secondary N) is 3. The van der Waals surface area contributed by atoms with Gasteiger partial charge in [0, 0.05) is 23.5 Å². The molecule has 9 nitrogen and oxygen atoms in total. The number of fused-ring (bicyclic) bond motifs is 2. The number of urea groups is 1. The fourth-order valence-electron chi connectivity index (χ4n) is 3.99. The predicted molar refractivity (Wildman–Crippen MR) is 134 cm³/mol. The third kappa shape index (κ3) is 4.47. The molecule has 0 saturated heterocycles. The quantitative estimate of drug-likeness (QED) is 0.417. The molecule has 0 fully saturated rings. The lowest BCUT2D eigenvalue weighted by atomic mass is 9.94. The molecule has 3 heterocycles. The first-order valence-electron chi connectivity index (χ1n) is 10.3. The molecule has 4 amide bonds. The van der Waals surface area contributed by atoms with E-state index in [9.17, 15) is 22.8 Å². The Bertz CT molecular complexity index is 1520. The molecule has 0 spiro atoms. The van der Waals surface area contributed by atoms with Crippen molar-refractivity contribution in [1.29, 1.82) is 0 Å². The van der Waals surface area contributed by atoms with Crippen molar-refractivity contribution in [3.8, 4) is 0 Å². The van der Waals surface area contributed by atoms with Crippen LogP contribution in [0.3, 0.4) is 0 Å². The highest BCUT2D eigenvalue weighted by Crippen LogP contribution is 2.35. The highest BCUT2D eigenvalue weighted by Gasteiger charge is 2.34. The van der Waals surface area contributed by atoms with E-state index in [4.69, 9.17) is 23.2 Å². The van der Waals surface area contributed by atoms with Gasteiger partial charge in [0.25, 0.3) is 15.9 Å². The molecular formula is C22H16Cl2N4O5S2. The number of carbonyl (C=O) groups excluding carboxylic acids is 3. The summed E-state index contributed by atoms with van der Waals surface area (Å²) in [5.74, 6) is -0.909. The Kier molecular flexibility index (Phi) is 5.96. The van der Waals surface area contributed by atoms with Crippen molar-refractivity contribution in [3.63, 3.8) is 0 Å². The maximum atomic E-state index is 13.2. The van der Waals surface area contributed by atoms with E-state index < -0.39 is 27.9 Å². The van der Waals surface area contributed by atoms with Crippen molar-refractivity contribution in [2.24, 2.45) is 0 Å². The fourth-order valence-corrected chi connectivity index (χ4v) is 6.65. The number of hydrogen-bond acceptors (Lipinski definition) is 7. The zero-order valence-electron chi connectivity index (χ0n) is 17.7. The van der Waals surface area contributed by atoms with Crippen molar-refractivity contribution in [3.05, 3.63) is 68.5 Å². The number of amides is 4. The molecule has 0 radical (unpaired) electrons. The minimum Gasteiger partial charge on any atom is -0.384 e. The van der Waals surface area contributed by atoms with Crippen LogP contribution >= 0.6 is 34.5 Å². The molecule has 2 aliphatic rings. The number of nitrogens with zero attached hydrogens (tertiary/aromatic N) is 1. The van der Waals surface area contributed by atoms with Crippen LogP contribution in [0, 0.1) is 0 Å². The molecule has 0 atom stereocenters. The number of thiophene rings is 1. The summed E-state index contributed by atoms with van der Waals surface area (Å²) in [7, 11) is -4.10. The minimum atomic E-state index is -4.10. The van der Waals surface area contributed by atoms with Crippen LogP contribution in [0.5, 0.6) is 0 Å². The standard InChI is InChI=1S/C22H16Cl2N4O5S2/c23-15-10-13(26-22(31)27-35(32,33)20-4-3-18(24)34-20)1-2-17(15)28-19(29)9-12-8-16-11(5-6-25-16)7-14(12)21(28)30/h1-4,7-8,10,25H,5-6,9H2,(H2,26,27,31). The van der Waals surface area contributed by atoms with Crippen molar-refractivity contribution >= 4 is 79.5 Å². The van der Waals surface area contributed by atoms with Crippen LogP contribution in [0.2, 0.25) is 9.36 Å². The summed E-state index contributed by atoms with van der Waals surface area (Å²) < 4.78 is 26.6. The highest BCUT2D eigenvalue weighted by molar-refractivity contribution is 7.92. The molecule has 5 rings (SSSR count). The molecule has 35 heavy (non-hydrogen) atoms. The van der Waals surface area contributed by atoms with E-state index in [1.54, 1.807) is 0 Å². The lowest BCUT2D eigenvalue weighted by molar-refractivity contribution is -0.117. The number of carbonyl (C=O) groups is 3. The topological polar surface area (TPSA) is 125 Å². The third-order valence-electron chi connectivity index (χ3n) is 5.55. The molecule has 3 N–H and O–H groups in total. The molecule has 180 valence electrons. The summed E-state index contributed by atoms with van der Waals surface area (Å²) in [4.78, 5) is 39.3. The Balaban J connectivity index is 1.35. The monoisotopic (exact) mass is 550 g/mol. The van der Waals surface area contributed by atoms with Gasteiger partial charge in [-0.2, -0.15) is 0 Å². The minimum absolute atomic E-state index is 0.0312. The lowest BCUT2D eigenvalue weighted by Gasteiger charge is -2.28. The first-order chi connectivity index (χ1) is 16.6. The van der Waals surface area contributed by atoms with Gasteiger partial charge in [0.05, 0.1) is 21.5 Å². The van der Waals surface area contributed by atoms with Crippen molar-refractivity contribution in [1.82, 2.24) is 4.72 Å². The van der Waals surface area contributed by atoms with E-state index in [1.807, 2.05) is 16.9 Å². The Labute approximate surface area is 214 Å². The van der Waals surface area contributed by atoms with Gasteiger partial charge >= 0.3 is 6.03 Å². The average Bonchev–Trinajstić information content (AvgIpc) is 3.42. The molecule has 2 aromatic carbocycles. The molecule has 13 heteroatoms. The van der Waals surface area contributed by atoms with Gasteiger partial charge in [-0.3, -0.25) is 9.59 Å². The summed E-state index contributed by atoms with van der Waals surface area (Å²) in [6.07, 6.45) is 0.835. The number of benzene rings is 2. The second-order valence-electron chi connectivity index (χ2n) is 7.84. The van der Waals surface area contributed by atoms with Crippen molar-refractivity contribution in [2.75, 3.05) is 22.1 Å². The van der Waals surface area contributed by atoms with E-state index in [2.05, 4.69) is 10.6 Å². The Morgan fingerprint density at radius 1 is 1.06 bits per heavy atom. The van der Waals surface area contributed by atoms with Crippen LogP contribution in [0.4, 0.5) is 21.9 Å². The molecule has 3 aromatic rings. The molecular weight excluding hydrogens is 535 g/mol. The predicted octanol–water partition coefficient (Wildman–Crippen LogP) is 4.26. The van der Waals surface area contributed by atoms with Crippen LogP contribution in [0.25, 0.3) is 0 Å². The van der Waals surface area contributed by atoms with Crippen LogP contribution in [0.1, 0.15) is 21.5 Å². The van der Waals surface area contributed by atoms with Gasteiger partial charge < -0.3 is 10.6 Å². The number of imide groups is 1. The maximum Gasteiger partial charge on any atom is 0.333 e. The number of anilines is 3. The number of rotatable bonds is 4. The van der Waals surface area contributed by atoms with Gasteiger partial charge in [0.2, 0.25) is 5.91 Å². The van der Waals surface area contributed by atoms with E-state index >= 15 is 0 Å². The van der Waals surface area contributed by atoms with Crippen LogP contribution in [-0.4, -0.2) is 32.8 Å². The molecule has 0 saturated carbocycles. The summed E-state index contributed by atoms with van der Waals surface area (Å²) in [6, 6.07) is 9.48. The summed E-state index contributed by atoms with van der Waals surface area (Å²) in [6.45, 7) is 0.778. The summed E-state index contributed by atoms with van der Waals surface area (Å²) in [5.41, 5.74) is 3.39. The number of halogens is 2. The van der Waals surface area contributed by atoms with E-state index in [-0.39, 0.29) is 31.4 Å². The van der Waals surface area contributed by atoms with Gasteiger partial charge in [-0.05, 0) is 60.0 Å². The number of hydrogen-bond donors (Lipinski definition) is 3. The van der Waals surface area contributed by atoms with Crippen LogP contribution in [0.15, 0.2) is 46.7 Å². The van der Waals surface area contributed by atoms with E-state index in [0.717, 1.165) is 40.5 Å².